The predicted octanol–water partition coefficient (Wildman–Crippen LogP) is 2.74. The van der Waals surface area contributed by atoms with Gasteiger partial charge in [-0.25, -0.2) is 0 Å². The number of carbonyl (C=O) groups excluding carboxylic acids is 2. The average Bonchev–Trinajstić information content (AvgIpc) is 2.38. The molecule has 2 atom stereocenters. The number of hydrogen-bond acceptors (Lipinski definition) is 4. The first-order valence-electron chi connectivity index (χ1n) is 8.66. The highest BCUT2D eigenvalue weighted by Gasteiger charge is 2.65. The number of carboxylic acids is 1. The zero-order valence-electron chi connectivity index (χ0n) is 14.1. The molecule has 5 heteroatoms. The maximum absolute atomic E-state index is 12.6. The fraction of sp³-hybridized carbons (Fsp3) is 0.833. The molecule has 23 heavy (non-hydrogen) atoms. The van der Waals surface area contributed by atoms with Crippen LogP contribution < -0.4 is 0 Å². The predicted molar refractivity (Wildman–Crippen MR) is 84.9 cm³/mol. The number of ketones is 2. The van der Waals surface area contributed by atoms with Gasteiger partial charge in [-0.1, -0.05) is 33.1 Å². The third-order valence-electron chi connectivity index (χ3n) is 5.57. The Morgan fingerprint density at radius 1 is 1.09 bits per heavy atom. The highest BCUT2D eigenvalue weighted by molar-refractivity contribution is 6.11. The second-order valence-electron chi connectivity index (χ2n) is 8.03. The van der Waals surface area contributed by atoms with Gasteiger partial charge in [0, 0.05) is 19.3 Å². The largest absolute Gasteiger partial charge is 0.481 e. The lowest BCUT2D eigenvalue weighted by Gasteiger charge is -2.55. The van der Waals surface area contributed by atoms with Crippen molar-refractivity contribution in [3.8, 4) is 0 Å². The van der Waals surface area contributed by atoms with E-state index in [0.717, 1.165) is 25.7 Å². The van der Waals surface area contributed by atoms with Crippen LogP contribution in [0.5, 0.6) is 0 Å². The maximum Gasteiger partial charge on any atom is 0.303 e. The van der Waals surface area contributed by atoms with E-state index in [4.69, 9.17) is 5.11 Å². The average molecular weight is 324 g/mol. The summed E-state index contributed by atoms with van der Waals surface area (Å²) >= 11 is 0. The summed E-state index contributed by atoms with van der Waals surface area (Å²) in [7, 11) is 0. The quantitative estimate of drug-likeness (QED) is 0.555. The number of Topliss-reactive ketones (excluding diaryl/α,β-unsaturated/α-hetero) is 2. The summed E-state index contributed by atoms with van der Waals surface area (Å²) in [5.74, 6) is -0.957. The summed E-state index contributed by atoms with van der Waals surface area (Å²) in [5, 5.41) is 18.8. The second-order valence-corrected chi connectivity index (χ2v) is 8.03. The molecule has 2 aliphatic carbocycles. The zero-order chi connectivity index (χ0) is 17.3. The Balaban J connectivity index is 1.88. The molecule has 0 bridgehead atoms. The number of aliphatic hydroxyl groups is 1. The van der Waals surface area contributed by atoms with Crippen LogP contribution in [-0.4, -0.2) is 33.9 Å². The number of carbonyl (C=O) groups is 3. The SMILES string of the molecule is CC1(C)CC(=O)C2(C(=O)C1)C(O)CC2CCCCCCC(=O)O. The van der Waals surface area contributed by atoms with E-state index in [1.807, 2.05) is 13.8 Å². The summed E-state index contributed by atoms with van der Waals surface area (Å²) in [5.41, 5.74) is -1.42. The molecule has 5 nitrogen and oxygen atoms in total. The molecule has 2 N–H and O–H groups in total. The Bertz CT molecular complexity index is 474. The van der Waals surface area contributed by atoms with E-state index in [0.29, 0.717) is 25.7 Å². The smallest absolute Gasteiger partial charge is 0.303 e. The Hall–Kier alpha value is -1.23. The van der Waals surface area contributed by atoms with E-state index in [1.54, 1.807) is 0 Å². The summed E-state index contributed by atoms with van der Waals surface area (Å²) < 4.78 is 0. The Morgan fingerprint density at radius 3 is 2.17 bits per heavy atom. The van der Waals surface area contributed by atoms with Gasteiger partial charge in [-0.05, 0) is 30.6 Å². The number of unbranched alkanes of at least 4 members (excludes halogenated alkanes) is 3. The Labute approximate surface area is 137 Å². The summed E-state index contributed by atoms with van der Waals surface area (Å²) in [6.07, 6.45) is 4.72. The van der Waals surface area contributed by atoms with E-state index in [-0.39, 0.29) is 29.3 Å². The van der Waals surface area contributed by atoms with Crippen LogP contribution in [0.3, 0.4) is 0 Å². The van der Waals surface area contributed by atoms with Gasteiger partial charge in [-0.15, -0.1) is 0 Å². The topological polar surface area (TPSA) is 91.7 Å². The summed E-state index contributed by atoms with van der Waals surface area (Å²) in [6, 6.07) is 0. The standard InChI is InChI=1S/C18H28O5/c1-17(2)10-14(20)18(15(21)11-17)12(9-13(18)19)7-5-3-4-6-8-16(22)23/h12-13,19H,3-11H2,1-2H3,(H,22,23). The van der Waals surface area contributed by atoms with Gasteiger partial charge in [0.2, 0.25) is 0 Å². The molecule has 0 aromatic rings. The molecule has 0 aromatic carbocycles. The van der Waals surface area contributed by atoms with Gasteiger partial charge in [0.05, 0.1) is 6.10 Å². The van der Waals surface area contributed by atoms with Crippen molar-refractivity contribution in [3.05, 3.63) is 0 Å². The minimum absolute atomic E-state index is 0.0342. The van der Waals surface area contributed by atoms with Gasteiger partial charge in [-0.2, -0.15) is 0 Å². The molecule has 130 valence electrons. The molecule has 0 saturated heterocycles. The van der Waals surface area contributed by atoms with Crippen LogP contribution in [0.1, 0.15) is 71.6 Å². The normalized spacial score (nSPS) is 28.7. The number of aliphatic hydroxyl groups excluding tert-OH is 1. The van der Waals surface area contributed by atoms with Crippen LogP contribution in [0.25, 0.3) is 0 Å². The van der Waals surface area contributed by atoms with E-state index in [2.05, 4.69) is 0 Å². The van der Waals surface area contributed by atoms with Crippen LogP contribution in [0.4, 0.5) is 0 Å². The van der Waals surface area contributed by atoms with Gasteiger partial charge >= 0.3 is 5.97 Å². The molecule has 2 unspecified atom stereocenters. The highest BCUT2D eigenvalue weighted by Crippen LogP contribution is 2.56. The minimum Gasteiger partial charge on any atom is -0.481 e. The molecular formula is C18H28O5. The Kier molecular flexibility index (Phi) is 5.29. The van der Waals surface area contributed by atoms with Gasteiger partial charge in [-0.3, -0.25) is 14.4 Å². The number of carboxylic acid groups (broad SMARTS) is 1. The van der Waals surface area contributed by atoms with Crippen LogP contribution in [0.15, 0.2) is 0 Å². The van der Waals surface area contributed by atoms with Crippen LogP contribution >= 0.6 is 0 Å². The highest BCUT2D eigenvalue weighted by atomic mass is 16.4. The molecule has 1 spiro atoms. The van der Waals surface area contributed by atoms with Crippen molar-refractivity contribution in [2.75, 3.05) is 0 Å². The van der Waals surface area contributed by atoms with Crippen molar-refractivity contribution < 1.29 is 24.6 Å². The summed E-state index contributed by atoms with van der Waals surface area (Å²) in [4.78, 5) is 35.7. The van der Waals surface area contributed by atoms with Crippen molar-refractivity contribution in [2.45, 2.75) is 77.7 Å². The third-order valence-corrected chi connectivity index (χ3v) is 5.57. The lowest BCUT2D eigenvalue weighted by atomic mass is 9.47. The molecule has 2 saturated carbocycles. The number of hydrogen-bond donors (Lipinski definition) is 2. The minimum atomic E-state index is -1.13. The van der Waals surface area contributed by atoms with Crippen LogP contribution in [0, 0.1) is 16.7 Å². The van der Waals surface area contributed by atoms with Crippen LogP contribution in [-0.2, 0) is 14.4 Å². The van der Waals surface area contributed by atoms with Gasteiger partial charge in [0.25, 0.3) is 0 Å². The number of aliphatic carboxylic acids is 1. The fourth-order valence-corrected chi connectivity index (χ4v) is 4.33. The van der Waals surface area contributed by atoms with Crippen molar-refractivity contribution in [1.82, 2.24) is 0 Å². The first-order valence-corrected chi connectivity index (χ1v) is 8.66. The van der Waals surface area contributed by atoms with E-state index >= 15 is 0 Å². The zero-order valence-corrected chi connectivity index (χ0v) is 14.1. The van der Waals surface area contributed by atoms with Crippen molar-refractivity contribution in [2.24, 2.45) is 16.7 Å². The second kappa shape index (κ2) is 6.71. The molecule has 0 heterocycles. The molecule has 2 rings (SSSR count). The van der Waals surface area contributed by atoms with Gasteiger partial charge in [0.15, 0.2) is 0 Å². The van der Waals surface area contributed by atoms with Gasteiger partial charge < -0.3 is 10.2 Å². The van der Waals surface area contributed by atoms with Gasteiger partial charge in [0.1, 0.15) is 17.0 Å². The number of rotatable bonds is 7. The van der Waals surface area contributed by atoms with Crippen molar-refractivity contribution in [3.63, 3.8) is 0 Å². The molecule has 0 aromatic heterocycles. The maximum atomic E-state index is 12.6. The molecule has 2 fully saturated rings. The third kappa shape index (κ3) is 3.49. The lowest BCUT2D eigenvalue weighted by molar-refractivity contribution is -0.183. The van der Waals surface area contributed by atoms with E-state index in [9.17, 15) is 19.5 Å². The first kappa shape index (κ1) is 18.1. The van der Waals surface area contributed by atoms with Crippen molar-refractivity contribution >= 4 is 17.5 Å². The molecule has 2 aliphatic rings. The molecule has 0 radical (unpaired) electrons. The Morgan fingerprint density at radius 2 is 1.65 bits per heavy atom. The first-order chi connectivity index (χ1) is 10.7. The fourth-order valence-electron chi connectivity index (χ4n) is 4.33. The van der Waals surface area contributed by atoms with Crippen molar-refractivity contribution in [1.29, 1.82) is 0 Å². The van der Waals surface area contributed by atoms with E-state index < -0.39 is 17.5 Å². The molecule has 0 amide bonds. The molecule has 0 aliphatic heterocycles. The monoisotopic (exact) mass is 324 g/mol. The van der Waals surface area contributed by atoms with Crippen LogP contribution in [0.2, 0.25) is 0 Å². The summed E-state index contributed by atoms with van der Waals surface area (Å²) in [6.45, 7) is 3.86. The molecular weight excluding hydrogens is 296 g/mol. The van der Waals surface area contributed by atoms with E-state index in [1.165, 1.54) is 0 Å². The lowest BCUT2D eigenvalue weighted by Crippen LogP contribution is -2.65.